The van der Waals surface area contributed by atoms with Crippen molar-refractivity contribution < 1.29 is 14.3 Å². The lowest BCUT2D eigenvalue weighted by atomic mass is 10.0. The number of carbonyl (C=O) groups is 1. The Kier molecular flexibility index (Phi) is 4.84. The van der Waals surface area contributed by atoms with Crippen molar-refractivity contribution in [2.24, 2.45) is 0 Å². The highest BCUT2D eigenvalue weighted by Crippen LogP contribution is 2.16. The lowest BCUT2D eigenvalue weighted by molar-refractivity contribution is 0.172. The predicted molar refractivity (Wildman–Crippen MR) is 69.1 cm³/mol. The summed E-state index contributed by atoms with van der Waals surface area (Å²) in [7, 11) is 0. The Hall–Kier alpha value is -2.13. The fraction of sp³-hybridized carbons (Fsp3) is 0.385. The molecule has 1 unspecified atom stereocenters. The third-order valence-corrected chi connectivity index (χ3v) is 2.89. The summed E-state index contributed by atoms with van der Waals surface area (Å²) in [5.41, 5.74) is -0.480. The fourth-order valence-corrected chi connectivity index (χ4v) is 1.39. The molecule has 1 rings (SSSR count). The number of nitrogens with one attached hydrogen (secondary N) is 2. The number of anilines is 1. The quantitative estimate of drug-likeness (QED) is 0.778. The second-order valence-electron chi connectivity index (χ2n) is 4.45. The maximum absolute atomic E-state index is 12.9. The van der Waals surface area contributed by atoms with E-state index in [0.717, 1.165) is 12.1 Å². The second kappa shape index (κ2) is 6.16. The molecule has 0 radical (unpaired) electrons. The summed E-state index contributed by atoms with van der Waals surface area (Å²) in [5.74, 6) is -0.545. The highest BCUT2D eigenvalue weighted by atomic mass is 19.1. The molecular formula is C13H16FN3O2. The minimum atomic E-state index is -0.739. The van der Waals surface area contributed by atoms with E-state index in [1.165, 1.54) is 6.07 Å². The van der Waals surface area contributed by atoms with Crippen LogP contribution in [0.25, 0.3) is 0 Å². The molecule has 1 aromatic carbocycles. The molecule has 0 spiro atoms. The number of halogens is 1. The van der Waals surface area contributed by atoms with E-state index in [1.807, 2.05) is 6.92 Å². The molecule has 6 heteroatoms. The monoisotopic (exact) mass is 265 g/mol. The molecule has 0 aliphatic rings. The molecule has 1 atom stereocenters. The normalized spacial score (nSPS) is 13.2. The van der Waals surface area contributed by atoms with Crippen LogP contribution in [0.3, 0.4) is 0 Å². The Labute approximate surface area is 111 Å². The van der Waals surface area contributed by atoms with Crippen molar-refractivity contribution in [1.82, 2.24) is 5.32 Å². The largest absolute Gasteiger partial charge is 0.394 e. The maximum atomic E-state index is 12.9. The standard InChI is InChI=1S/C13H16FN3O2/c1-3-13(2,8-18)17-12(19)16-11-5-4-10(14)6-9(11)7-15/h4-6,18H,3,8H2,1-2H3,(H2,16,17,19). The van der Waals surface area contributed by atoms with E-state index in [-0.39, 0.29) is 17.9 Å². The number of urea groups is 1. The Morgan fingerprint density at radius 2 is 2.26 bits per heavy atom. The van der Waals surface area contributed by atoms with E-state index in [2.05, 4.69) is 10.6 Å². The van der Waals surface area contributed by atoms with Gasteiger partial charge in [-0.15, -0.1) is 0 Å². The maximum Gasteiger partial charge on any atom is 0.319 e. The second-order valence-corrected chi connectivity index (χ2v) is 4.45. The van der Waals surface area contributed by atoms with Crippen molar-refractivity contribution in [2.75, 3.05) is 11.9 Å². The van der Waals surface area contributed by atoms with Crippen molar-refractivity contribution >= 4 is 11.7 Å². The number of hydrogen-bond acceptors (Lipinski definition) is 3. The van der Waals surface area contributed by atoms with Crippen LogP contribution in [0.1, 0.15) is 25.8 Å². The summed E-state index contributed by atoms with van der Waals surface area (Å²) in [4.78, 5) is 11.8. The van der Waals surface area contributed by atoms with Crippen molar-refractivity contribution in [3.05, 3.63) is 29.6 Å². The molecule has 0 saturated heterocycles. The first kappa shape index (κ1) is 14.9. The predicted octanol–water partition coefficient (Wildman–Crippen LogP) is 1.98. The van der Waals surface area contributed by atoms with Gasteiger partial charge in [-0.25, -0.2) is 9.18 Å². The van der Waals surface area contributed by atoms with Gasteiger partial charge in [-0.3, -0.25) is 0 Å². The Morgan fingerprint density at radius 1 is 1.58 bits per heavy atom. The van der Waals surface area contributed by atoms with Crippen molar-refractivity contribution in [3.63, 3.8) is 0 Å². The van der Waals surface area contributed by atoms with Gasteiger partial charge in [0.2, 0.25) is 0 Å². The van der Waals surface area contributed by atoms with Gasteiger partial charge < -0.3 is 15.7 Å². The molecule has 5 nitrogen and oxygen atoms in total. The van der Waals surface area contributed by atoms with E-state index >= 15 is 0 Å². The van der Waals surface area contributed by atoms with E-state index in [4.69, 9.17) is 5.26 Å². The highest BCUT2D eigenvalue weighted by Gasteiger charge is 2.23. The van der Waals surface area contributed by atoms with Gasteiger partial charge in [0.25, 0.3) is 0 Å². The summed E-state index contributed by atoms with van der Waals surface area (Å²) in [5, 5.41) is 23.1. The molecule has 102 valence electrons. The smallest absolute Gasteiger partial charge is 0.319 e. The molecule has 0 aliphatic heterocycles. The van der Waals surface area contributed by atoms with Crippen LogP contribution >= 0.6 is 0 Å². The molecule has 19 heavy (non-hydrogen) atoms. The van der Waals surface area contributed by atoms with Gasteiger partial charge in [0.1, 0.15) is 11.9 Å². The molecule has 0 aromatic heterocycles. The van der Waals surface area contributed by atoms with Gasteiger partial charge in [0.05, 0.1) is 23.4 Å². The Bertz CT molecular complexity index is 507. The Balaban J connectivity index is 2.81. The van der Waals surface area contributed by atoms with Gasteiger partial charge in [0.15, 0.2) is 0 Å². The number of amides is 2. The first-order valence-electron chi connectivity index (χ1n) is 5.84. The van der Waals surface area contributed by atoms with Crippen LogP contribution in [-0.4, -0.2) is 23.3 Å². The zero-order chi connectivity index (χ0) is 14.5. The number of nitriles is 1. The zero-order valence-corrected chi connectivity index (χ0v) is 10.8. The van der Waals surface area contributed by atoms with Crippen LogP contribution in [-0.2, 0) is 0 Å². The topological polar surface area (TPSA) is 85.2 Å². The van der Waals surface area contributed by atoms with E-state index in [9.17, 15) is 14.3 Å². The van der Waals surface area contributed by atoms with E-state index in [0.29, 0.717) is 6.42 Å². The van der Waals surface area contributed by atoms with Gasteiger partial charge in [-0.1, -0.05) is 6.92 Å². The first-order chi connectivity index (χ1) is 8.94. The van der Waals surface area contributed by atoms with Crippen LogP contribution in [0.5, 0.6) is 0 Å². The molecule has 2 amide bonds. The van der Waals surface area contributed by atoms with Gasteiger partial charge in [-0.05, 0) is 31.5 Å². The number of aliphatic hydroxyl groups is 1. The third-order valence-electron chi connectivity index (χ3n) is 2.89. The minimum absolute atomic E-state index is 0.0392. The van der Waals surface area contributed by atoms with Crippen LogP contribution < -0.4 is 10.6 Å². The first-order valence-corrected chi connectivity index (χ1v) is 5.84. The molecule has 1 aromatic rings. The number of nitrogens with zero attached hydrogens (tertiary/aromatic N) is 1. The molecule has 0 heterocycles. The number of benzene rings is 1. The summed E-state index contributed by atoms with van der Waals surface area (Å²) >= 11 is 0. The van der Waals surface area contributed by atoms with Gasteiger partial charge in [-0.2, -0.15) is 5.26 Å². The average molecular weight is 265 g/mol. The van der Waals surface area contributed by atoms with E-state index < -0.39 is 17.4 Å². The van der Waals surface area contributed by atoms with Crippen LogP contribution in [0, 0.1) is 17.1 Å². The molecular weight excluding hydrogens is 249 g/mol. The van der Waals surface area contributed by atoms with Crippen LogP contribution in [0.15, 0.2) is 18.2 Å². The number of aliphatic hydroxyl groups excluding tert-OH is 1. The molecule has 0 fully saturated rings. The van der Waals surface area contributed by atoms with Crippen molar-refractivity contribution in [2.45, 2.75) is 25.8 Å². The molecule has 3 N–H and O–H groups in total. The van der Waals surface area contributed by atoms with Crippen molar-refractivity contribution in [3.8, 4) is 6.07 Å². The molecule has 0 saturated carbocycles. The van der Waals surface area contributed by atoms with Crippen molar-refractivity contribution in [1.29, 1.82) is 5.26 Å². The number of carbonyl (C=O) groups excluding carboxylic acids is 1. The average Bonchev–Trinajstić information content (AvgIpc) is 2.40. The summed E-state index contributed by atoms with van der Waals surface area (Å²) in [6.45, 7) is 3.32. The minimum Gasteiger partial charge on any atom is -0.394 e. The molecule has 0 bridgehead atoms. The summed E-state index contributed by atoms with van der Waals surface area (Å²) in [6.07, 6.45) is 0.547. The van der Waals surface area contributed by atoms with Gasteiger partial charge >= 0.3 is 6.03 Å². The SMILES string of the molecule is CCC(C)(CO)NC(=O)Nc1ccc(F)cc1C#N. The Morgan fingerprint density at radius 3 is 2.79 bits per heavy atom. The highest BCUT2D eigenvalue weighted by molar-refractivity contribution is 5.91. The molecule has 0 aliphatic carbocycles. The number of hydrogen-bond donors (Lipinski definition) is 3. The van der Waals surface area contributed by atoms with Crippen LogP contribution in [0.4, 0.5) is 14.9 Å². The lowest BCUT2D eigenvalue weighted by Crippen LogP contribution is -2.50. The lowest BCUT2D eigenvalue weighted by Gasteiger charge is -2.27. The third kappa shape index (κ3) is 3.93. The zero-order valence-electron chi connectivity index (χ0n) is 10.8. The fourth-order valence-electron chi connectivity index (χ4n) is 1.39. The van der Waals surface area contributed by atoms with E-state index in [1.54, 1.807) is 13.0 Å². The summed E-state index contributed by atoms with van der Waals surface area (Å²) in [6, 6.07) is 4.76. The number of rotatable bonds is 4. The van der Waals surface area contributed by atoms with Gasteiger partial charge in [0, 0.05) is 0 Å². The summed E-state index contributed by atoms with van der Waals surface area (Å²) < 4.78 is 12.9. The van der Waals surface area contributed by atoms with Crippen LogP contribution in [0.2, 0.25) is 0 Å².